The average Bonchev–Trinajstić information content (AvgIpc) is 3.29. The number of benzene rings is 8. The number of aryl methyl sites for hydroxylation is 6. The van der Waals surface area contributed by atoms with Gasteiger partial charge in [-0.1, -0.05) is 207 Å². The molecule has 9 rings (SSSR count). The summed E-state index contributed by atoms with van der Waals surface area (Å²) in [6.07, 6.45) is 0. The molecule has 0 N–H and O–H groups in total. The summed E-state index contributed by atoms with van der Waals surface area (Å²) in [6, 6.07) is 66.7. The summed E-state index contributed by atoms with van der Waals surface area (Å²) in [5, 5.41) is 0. The van der Waals surface area contributed by atoms with Gasteiger partial charge in [0.1, 0.15) is 0 Å². The molecule has 9 aromatic rings. The molecule has 0 atom stereocenters. The van der Waals surface area contributed by atoms with E-state index in [1.807, 2.05) is 36.4 Å². The maximum atomic E-state index is 5.31. The Hall–Kier alpha value is -7.37. The number of nitrogens with zero attached hydrogens (tertiary/aromatic N) is 4. The molecule has 300 valence electrons. The van der Waals surface area contributed by atoms with Crippen LogP contribution in [0.3, 0.4) is 0 Å². The van der Waals surface area contributed by atoms with Crippen molar-refractivity contribution < 1.29 is 0 Å². The monoisotopic (exact) mass is 800 g/mol. The van der Waals surface area contributed by atoms with Crippen LogP contribution in [0.25, 0.3) is 45.0 Å². The van der Waals surface area contributed by atoms with Gasteiger partial charge in [-0.05, 0) is 94.1 Å². The van der Waals surface area contributed by atoms with Crippen molar-refractivity contribution in [2.75, 3.05) is 4.90 Å². The first-order chi connectivity index (χ1) is 30.2. The van der Waals surface area contributed by atoms with E-state index >= 15 is 0 Å². The molecular formula is C57H49BN4. The first-order valence-corrected chi connectivity index (χ1v) is 21.4. The van der Waals surface area contributed by atoms with Gasteiger partial charge in [0.05, 0.1) is 5.69 Å². The summed E-state index contributed by atoms with van der Waals surface area (Å²) in [7, 11) is 0. The highest BCUT2D eigenvalue weighted by Crippen LogP contribution is 2.39. The van der Waals surface area contributed by atoms with Gasteiger partial charge in [-0.15, -0.1) is 0 Å². The fourth-order valence-electron chi connectivity index (χ4n) is 9.20. The van der Waals surface area contributed by atoms with E-state index in [1.165, 1.54) is 49.8 Å². The fourth-order valence-corrected chi connectivity index (χ4v) is 9.20. The fraction of sp³-hybridized carbons (Fsp3) is 0.105. The molecule has 5 heteroatoms. The lowest BCUT2D eigenvalue weighted by Gasteiger charge is -2.27. The highest BCUT2D eigenvalue weighted by molar-refractivity contribution is 6.96. The first kappa shape index (κ1) is 40.1. The molecule has 0 amide bonds. The van der Waals surface area contributed by atoms with Crippen molar-refractivity contribution in [3.05, 3.63) is 221 Å². The molecule has 1 heterocycles. The van der Waals surface area contributed by atoms with Gasteiger partial charge < -0.3 is 0 Å². The van der Waals surface area contributed by atoms with Gasteiger partial charge in [-0.2, -0.15) is 9.97 Å². The Balaban J connectivity index is 1.30. The van der Waals surface area contributed by atoms with Crippen LogP contribution in [-0.4, -0.2) is 21.7 Å². The Kier molecular flexibility index (Phi) is 11.2. The lowest BCUT2D eigenvalue weighted by Crippen LogP contribution is -2.55. The van der Waals surface area contributed by atoms with Gasteiger partial charge in [0.15, 0.2) is 11.6 Å². The Bertz CT molecular complexity index is 2660. The predicted octanol–water partition coefficient (Wildman–Crippen LogP) is 12.4. The maximum absolute atomic E-state index is 5.31. The van der Waals surface area contributed by atoms with Crippen molar-refractivity contribution in [1.82, 2.24) is 15.0 Å². The van der Waals surface area contributed by atoms with Crippen LogP contribution in [-0.2, 0) is 0 Å². The van der Waals surface area contributed by atoms with Crippen LogP contribution in [0.2, 0.25) is 0 Å². The Morgan fingerprint density at radius 1 is 0.339 bits per heavy atom. The smallest absolute Gasteiger partial charge is 0.242 e. The number of rotatable bonds is 10. The lowest BCUT2D eigenvalue weighted by atomic mass is 9.34. The van der Waals surface area contributed by atoms with Gasteiger partial charge in [0.25, 0.3) is 0 Å². The SMILES string of the molecule is Cc1cc(C)c(B(c2ccc(N(c3cc(-c4ccccc4)cc(-c4ccccc4)c3)c3nc(-c4ccccc4)nc(-c4ccccc4)n3)cc2)c2c(C)cc(C)cc2C)c(C)c1. The number of hydrogen-bond acceptors (Lipinski definition) is 4. The Labute approximate surface area is 366 Å². The summed E-state index contributed by atoms with van der Waals surface area (Å²) in [6.45, 7) is 13.5. The molecule has 0 spiro atoms. The molecule has 4 nitrogen and oxygen atoms in total. The third-order valence-corrected chi connectivity index (χ3v) is 11.8. The van der Waals surface area contributed by atoms with E-state index in [2.05, 4.69) is 198 Å². The summed E-state index contributed by atoms with van der Waals surface area (Å²) >= 11 is 0. The van der Waals surface area contributed by atoms with E-state index in [9.17, 15) is 0 Å². The second-order valence-electron chi connectivity index (χ2n) is 16.5. The van der Waals surface area contributed by atoms with Crippen LogP contribution in [0.5, 0.6) is 0 Å². The zero-order chi connectivity index (χ0) is 42.7. The van der Waals surface area contributed by atoms with Crippen LogP contribution in [0.1, 0.15) is 33.4 Å². The van der Waals surface area contributed by atoms with Gasteiger partial charge >= 0.3 is 0 Å². The zero-order valence-electron chi connectivity index (χ0n) is 36.3. The van der Waals surface area contributed by atoms with Crippen molar-refractivity contribution in [3.8, 4) is 45.0 Å². The van der Waals surface area contributed by atoms with Crippen molar-refractivity contribution in [1.29, 1.82) is 0 Å². The van der Waals surface area contributed by atoms with E-state index < -0.39 is 0 Å². The second-order valence-corrected chi connectivity index (χ2v) is 16.5. The first-order valence-electron chi connectivity index (χ1n) is 21.4. The molecule has 0 fully saturated rings. The summed E-state index contributed by atoms with van der Waals surface area (Å²) in [4.78, 5) is 17.9. The van der Waals surface area contributed by atoms with Crippen LogP contribution < -0.4 is 21.3 Å². The van der Waals surface area contributed by atoms with E-state index in [4.69, 9.17) is 15.0 Å². The van der Waals surface area contributed by atoms with Crippen LogP contribution >= 0.6 is 0 Å². The Morgan fingerprint density at radius 3 is 1.10 bits per heavy atom. The van der Waals surface area contributed by atoms with Crippen LogP contribution in [0.15, 0.2) is 188 Å². The predicted molar refractivity (Wildman–Crippen MR) is 262 cm³/mol. The van der Waals surface area contributed by atoms with Crippen molar-refractivity contribution in [3.63, 3.8) is 0 Å². The van der Waals surface area contributed by atoms with Crippen molar-refractivity contribution in [2.24, 2.45) is 0 Å². The van der Waals surface area contributed by atoms with Gasteiger partial charge in [0.2, 0.25) is 12.7 Å². The minimum Gasteiger partial charge on any atom is -0.279 e. The molecule has 62 heavy (non-hydrogen) atoms. The summed E-state index contributed by atoms with van der Waals surface area (Å²) in [5.74, 6) is 1.74. The molecular weight excluding hydrogens is 751 g/mol. The molecule has 0 aliphatic carbocycles. The third-order valence-electron chi connectivity index (χ3n) is 11.8. The minimum absolute atomic E-state index is 0.0383. The molecule has 0 unspecified atom stereocenters. The molecule has 0 saturated carbocycles. The normalized spacial score (nSPS) is 11.1. The van der Waals surface area contributed by atoms with Crippen molar-refractivity contribution in [2.45, 2.75) is 41.5 Å². The van der Waals surface area contributed by atoms with Crippen LogP contribution in [0, 0.1) is 41.5 Å². The van der Waals surface area contributed by atoms with Crippen LogP contribution in [0.4, 0.5) is 17.3 Å². The maximum Gasteiger partial charge on any atom is 0.242 e. The largest absolute Gasteiger partial charge is 0.279 e. The standard InChI is InChI=1S/C57H49BN4/c1-38-31-40(3)53(41(4)32-38)58(54-42(5)33-39(2)34-43(54)6)50-27-29-51(30-28-50)62(52-36-48(44-19-11-7-12-20-44)35-49(37-52)45-21-13-8-14-22-45)57-60-55(46-23-15-9-16-24-46)59-56(61-57)47-25-17-10-18-26-47/h7-37H,1-6H3. The summed E-state index contributed by atoms with van der Waals surface area (Å²) < 4.78 is 0. The molecule has 1 aromatic heterocycles. The Morgan fingerprint density at radius 2 is 0.710 bits per heavy atom. The van der Waals surface area contributed by atoms with E-state index in [0.717, 1.165) is 44.8 Å². The number of hydrogen-bond donors (Lipinski definition) is 0. The molecule has 0 aliphatic heterocycles. The van der Waals surface area contributed by atoms with Crippen molar-refractivity contribution >= 4 is 40.4 Å². The minimum atomic E-state index is 0.0383. The average molecular weight is 801 g/mol. The molecule has 0 saturated heterocycles. The quantitative estimate of drug-likeness (QED) is 0.129. The van der Waals surface area contributed by atoms with E-state index in [-0.39, 0.29) is 6.71 Å². The number of anilines is 3. The van der Waals surface area contributed by atoms with E-state index in [1.54, 1.807) is 0 Å². The van der Waals surface area contributed by atoms with E-state index in [0.29, 0.717) is 17.6 Å². The molecule has 0 radical (unpaired) electrons. The second kappa shape index (κ2) is 17.3. The highest BCUT2D eigenvalue weighted by atomic mass is 15.3. The number of aromatic nitrogens is 3. The zero-order valence-corrected chi connectivity index (χ0v) is 36.3. The van der Waals surface area contributed by atoms with Gasteiger partial charge in [0, 0.05) is 16.8 Å². The third kappa shape index (κ3) is 8.22. The lowest BCUT2D eigenvalue weighted by molar-refractivity contribution is 1.02. The highest BCUT2D eigenvalue weighted by Gasteiger charge is 2.29. The molecule has 0 bridgehead atoms. The molecule has 0 aliphatic rings. The topological polar surface area (TPSA) is 41.9 Å². The summed E-state index contributed by atoms with van der Waals surface area (Å²) in [5.41, 5.74) is 19.9. The van der Waals surface area contributed by atoms with Gasteiger partial charge in [-0.3, -0.25) is 4.90 Å². The molecule has 8 aromatic carbocycles. The van der Waals surface area contributed by atoms with Gasteiger partial charge in [-0.25, -0.2) is 4.98 Å².